The molecule has 6 nitrogen and oxygen atoms in total. The fourth-order valence-electron chi connectivity index (χ4n) is 2.51. The Morgan fingerprint density at radius 3 is 2.90 bits per heavy atom. The van der Waals surface area contributed by atoms with Gasteiger partial charge < -0.3 is 14.0 Å². The van der Waals surface area contributed by atoms with Crippen molar-refractivity contribution in [2.24, 2.45) is 11.8 Å². The maximum Gasteiger partial charge on any atom is 0.318 e. The normalized spacial score (nSPS) is 19.9. The van der Waals surface area contributed by atoms with E-state index in [9.17, 15) is 4.79 Å². The molecule has 6 heteroatoms. The Bertz CT molecular complexity index is 452. The molecule has 1 aromatic rings. The molecule has 0 radical (unpaired) electrons. The van der Waals surface area contributed by atoms with Gasteiger partial charge in [0.1, 0.15) is 5.92 Å². The highest BCUT2D eigenvalue weighted by Gasteiger charge is 2.29. The summed E-state index contributed by atoms with van der Waals surface area (Å²) in [4.78, 5) is 16.5. The van der Waals surface area contributed by atoms with Crippen molar-refractivity contribution in [3.63, 3.8) is 0 Å². The number of ether oxygens (including phenoxy) is 2. The summed E-state index contributed by atoms with van der Waals surface area (Å²) in [6, 6.07) is 0. The molecule has 0 aliphatic carbocycles. The zero-order valence-corrected chi connectivity index (χ0v) is 13.0. The van der Waals surface area contributed by atoms with Crippen molar-refractivity contribution in [1.29, 1.82) is 0 Å². The van der Waals surface area contributed by atoms with Gasteiger partial charge in [0.15, 0.2) is 5.82 Å². The molecule has 0 amide bonds. The highest BCUT2D eigenvalue weighted by molar-refractivity contribution is 5.76. The third kappa shape index (κ3) is 4.52. The van der Waals surface area contributed by atoms with E-state index in [4.69, 9.17) is 14.0 Å². The zero-order chi connectivity index (χ0) is 15.2. The fourth-order valence-corrected chi connectivity index (χ4v) is 2.51. The first-order valence-corrected chi connectivity index (χ1v) is 7.67. The van der Waals surface area contributed by atoms with E-state index in [2.05, 4.69) is 24.0 Å². The maximum absolute atomic E-state index is 12.1. The van der Waals surface area contributed by atoms with E-state index < -0.39 is 5.92 Å². The van der Waals surface area contributed by atoms with Gasteiger partial charge in [-0.2, -0.15) is 4.98 Å². The van der Waals surface area contributed by atoms with Crippen LogP contribution < -0.4 is 0 Å². The van der Waals surface area contributed by atoms with Crippen LogP contribution >= 0.6 is 0 Å². The van der Waals surface area contributed by atoms with Gasteiger partial charge in [-0.25, -0.2) is 0 Å². The van der Waals surface area contributed by atoms with Crippen LogP contribution in [0.25, 0.3) is 0 Å². The van der Waals surface area contributed by atoms with Gasteiger partial charge in [0, 0.05) is 19.6 Å². The predicted molar refractivity (Wildman–Crippen MR) is 75.8 cm³/mol. The van der Waals surface area contributed by atoms with Crippen LogP contribution in [-0.2, 0) is 20.7 Å². The summed E-state index contributed by atoms with van der Waals surface area (Å²) in [5.41, 5.74) is 0. The number of hydrogen-bond donors (Lipinski definition) is 0. The number of hydrogen-bond acceptors (Lipinski definition) is 6. The van der Waals surface area contributed by atoms with E-state index in [1.165, 1.54) is 0 Å². The average molecular weight is 296 g/mol. The number of rotatable bonds is 7. The zero-order valence-electron chi connectivity index (χ0n) is 13.0. The van der Waals surface area contributed by atoms with E-state index in [0.29, 0.717) is 36.6 Å². The predicted octanol–water partition coefficient (Wildman–Crippen LogP) is 2.34. The van der Waals surface area contributed by atoms with Crippen molar-refractivity contribution in [2.75, 3.05) is 19.8 Å². The number of aromatic nitrogens is 2. The lowest BCUT2D eigenvalue weighted by Crippen LogP contribution is -2.18. The molecule has 118 valence electrons. The van der Waals surface area contributed by atoms with Gasteiger partial charge in [-0.1, -0.05) is 19.0 Å². The standard InChI is InChI=1S/C15H24N2O4/c1-4-20-15(18)12(7-10(2)3)14-16-13(17-21-14)8-11-5-6-19-9-11/h10-12H,4-9H2,1-3H3. The van der Waals surface area contributed by atoms with Crippen LogP contribution in [0.5, 0.6) is 0 Å². The second-order valence-electron chi connectivity index (χ2n) is 5.92. The molecule has 0 bridgehead atoms. The lowest BCUT2D eigenvalue weighted by molar-refractivity contribution is -0.146. The smallest absolute Gasteiger partial charge is 0.318 e. The summed E-state index contributed by atoms with van der Waals surface area (Å²) in [5, 5.41) is 4.00. The van der Waals surface area contributed by atoms with Gasteiger partial charge in [-0.15, -0.1) is 0 Å². The third-order valence-corrected chi connectivity index (χ3v) is 3.56. The Hall–Kier alpha value is -1.43. The molecule has 2 heterocycles. The fraction of sp³-hybridized carbons (Fsp3) is 0.800. The highest BCUT2D eigenvalue weighted by Crippen LogP contribution is 2.25. The van der Waals surface area contributed by atoms with Gasteiger partial charge in [0.25, 0.3) is 0 Å². The quantitative estimate of drug-likeness (QED) is 0.719. The second-order valence-corrected chi connectivity index (χ2v) is 5.92. The van der Waals surface area contributed by atoms with Crippen molar-refractivity contribution in [1.82, 2.24) is 10.1 Å². The molecule has 0 aromatic carbocycles. The maximum atomic E-state index is 12.1. The SMILES string of the molecule is CCOC(=O)C(CC(C)C)c1nc(CC2CCOC2)no1. The Morgan fingerprint density at radius 2 is 2.29 bits per heavy atom. The molecule has 1 aromatic heterocycles. The Kier molecular flexibility index (Phi) is 5.73. The van der Waals surface area contributed by atoms with Crippen molar-refractivity contribution in [3.8, 4) is 0 Å². The van der Waals surface area contributed by atoms with Gasteiger partial charge in [0.2, 0.25) is 5.89 Å². The van der Waals surface area contributed by atoms with Crippen LogP contribution in [0.15, 0.2) is 4.52 Å². The molecule has 2 rings (SSSR count). The number of nitrogens with zero attached hydrogens (tertiary/aromatic N) is 2. The molecule has 2 atom stereocenters. The molecular formula is C15H24N2O4. The molecular weight excluding hydrogens is 272 g/mol. The molecule has 21 heavy (non-hydrogen) atoms. The number of carbonyl (C=O) groups excluding carboxylic acids is 1. The second kappa shape index (κ2) is 7.54. The first kappa shape index (κ1) is 15.9. The minimum Gasteiger partial charge on any atom is -0.465 e. The van der Waals surface area contributed by atoms with Crippen LogP contribution in [0.1, 0.15) is 51.2 Å². The largest absolute Gasteiger partial charge is 0.465 e. The van der Waals surface area contributed by atoms with Crippen LogP contribution in [-0.4, -0.2) is 35.9 Å². The summed E-state index contributed by atoms with van der Waals surface area (Å²) in [5.74, 6) is 1.06. The van der Waals surface area contributed by atoms with Crippen molar-refractivity contribution in [3.05, 3.63) is 11.7 Å². The summed E-state index contributed by atoms with van der Waals surface area (Å²) >= 11 is 0. The Balaban J connectivity index is 2.04. The summed E-state index contributed by atoms with van der Waals surface area (Å²) < 4.78 is 15.8. The van der Waals surface area contributed by atoms with E-state index >= 15 is 0 Å². The van der Waals surface area contributed by atoms with Crippen LogP contribution in [0, 0.1) is 11.8 Å². The molecule has 1 saturated heterocycles. The summed E-state index contributed by atoms with van der Waals surface area (Å²) in [7, 11) is 0. The minimum absolute atomic E-state index is 0.286. The minimum atomic E-state index is -0.467. The first-order valence-electron chi connectivity index (χ1n) is 7.67. The third-order valence-electron chi connectivity index (χ3n) is 3.56. The van der Waals surface area contributed by atoms with Gasteiger partial charge >= 0.3 is 5.97 Å². The average Bonchev–Trinajstić information content (AvgIpc) is 3.08. The van der Waals surface area contributed by atoms with E-state index in [1.807, 2.05) is 0 Å². The molecule has 0 N–H and O–H groups in total. The number of esters is 1. The van der Waals surface area contributed by atoms with E-state index in [-0.39, 0.29) is 5.97 Å². The number of carbonyl (C=O) groups is 1. The summed E-state index contributed by atoms with van der Waals surface area (Å²) in [6.45, 7) is 7.81. The lowest BCUT2D eigenvalue weighted by atomic mass is 9.97. The topological polar surface area (TPSA) is 74.5 Å². The highest BCUT2D eigenvalue weighted by atomic mass is 16.5. The Labute approximate surface area is 125 Å². The monoisotopic (exact) mass is 296 g/mol. The van der Waals surface area contributed by atoms with Gasteiger partial charge in [-0.05, 0) is 31.6 Å². The van der Waals surface area contributed by atoms with Crippen LogP contribution in [0.4, 0.5) is 0 Å². The summed E-state index contributed by atoms with van der Waals surface area (Å²) in [6.07, 6.45) is 2.41. The molecule has 0 spiro atoms. The lowest BCUT2D eigenvalue weighted by Gasteiger charge is -2.13. The molecule has 0 saturated carbocycles. The van der Waals surface area contributed by atoms with E-state index in [0.717, 1.165) is 26.1 Å². The molecule has 1 aliphatic rings. The van der Waals surface area contributed by atoms with Crippen molar-refractivity contribution < 1.29 is 18.8 Å². The molecule has 1 aliphatic heterocycles. The van der Waals surface area contributed by atoms with Gasteiger partial charge in [-0.3, -0.25) is 4.79 Å². The van der Waals surface area contributed by atoms with Crippen LogP contribution in [0.3, 0.4) is 0 Å². The first-order chi connectivity index (χ1) is 10.1. The van der Waals surface area contributed by atoms with E-state index in [1.54, 1.807) is 6.92 Å². The van der Waals surface area contributed by atoms with Crippen LogP contribution in [0.2, 0.25) is 0 Å². The van der Waals surface area contributed by atoms with Gasteiger partial charge in [0.05, 0.1) is 6.61 Å². The Morgan fingerprint density at radius 1 is 1.48 bits per heavy atom. The molecule has 1 fully saturated rings. The van der Waals surface area contributed by atoms with Crippen molar-refractivity contribution >= 4 is 5.97 Å². The van der Waals surface area contributed by atoms with Crippen molar-refractivity contribution in [2.45, 2.75) is 46.0 Å². The molecule has 2 unspecified atom stereocenters.